The molecule has 32 heavy (non-hydrogen) atoms. The standard InChI is InChI=1S/C28H39N3O/c1-21-7-6-16-31(19-21)27-12-10-24(11-13-27)23(3)29-28(32)25-14-17-30(18-15-25)20-26-9-5-4-8-22(26)2/h4-5,8-13,21,23,25H,6-7,14-20H2,1-3H3,(H,29,32)/t21-,23+/m0/s1. The zero-order valence-corrected chi connectivity index (χ0v) is 20.0. The van der Waals surface area contributed by atoms with Crippen LogP contribution < -0.4 is 10.2 Å². The fraction of sp³-hybridized carbons (Fsp3) is 0.536. The first kappa shape index (κ1) is 22.8. The SMILES string of the molecule is Cc1ccccc1CN1CCC(C(=O)N[C@H](C)c2ccc(N3CCC[C@H](C)C3)cc2)CC1. The van der Waals surface area contributed by atoms with Crippen LogP contribution in [0, 0.1) is 18.8 Å². The first-order chi connectivity index (χ1) is 15.5. The zero-order valence-electron chi connectivity index (χ0n) is 20.0. The van der Waals surface area contributed by atoms with Crippen LogP contribution in [0.15, 0.2) is 48.5 Å². The van der Waals surface area contributed by atoms with E-state index >= 15 is 0 Å². The first-order valence-electron chi connectivity index (χ1n) is 12.4. The Balaban J connectivity index is 1.25. The quantitative estimate of drug-likeness (QED) is 0.670. The predicted octanol–water partition coefficient (Wildman–Crippen LogP) is 5.32. The summed E-state index contributed by atoms with van der Waals surface area (Å²) < 4.78 is 0. The number of nitrogens with zero attached hydrogens (tertiary/aromatic N) is 2. The summed E-state index contributed by atoms with van der Waals surface area (Å²) >= 11 is 0. The fourth-order valence-electron chi connectivity index (χ4n) is 5.19. The minimum Gasteiger partial charge on any atom is -0.371 e. The van der Waals surface area contributed by atoms with Crippen molar-refractivity contribution in [2.75, 3.05) is 31.1 Å². The number of hydrogen-bond acceptors (Lipinski definition) is 3. The monoisotopic (exact) mass is 433 g/mol. The molecule has 0 unspecified atom stereocenters. The number of benzene rings is 2. The van der Waals surface area contributed by atoms with Gasteiger partial charge in [0.05, 0.1) is 6.04 Å². The molecule has 0 radical (unpaired) electrons. The molecule has 0 aliphatic carbocycles. The zero-order chi connectivity index (χ0) is 22.5. The normalized spacial score (nSPS) is 21.3. The van der Waals surface area contributed by atoms with Crippen LogP contribution in [-0.2, 0) is 11.3 Å². The molecule has 0 saturated carbocycles. The van der Waals surface area contributed by atoms with Crippen molar-refractivity contribution < 1.29 is 4.79 Å². The van der Waals surface area contributed by atoms with Crippen LogP contribution in [0.1, 0.15) is 62.3 Å². The number of likely N-dealkylation sites (tertiary alicyclic amines) is 1. The lowest BCUT2D eigenvalue weighted by Gasteiger charge is -2.33. The van der Waals surface area contributed by atoms with E-state index in [1.54, 1.807) is 0 Å². The summed E-state index contributed by atoms with van der Waals surface area (Å²) in [5.41, 5.74) is 5.23. The summed E-state index contributed by atoms with van der Waals surface area (Å²) in [6.07, 6.45) is 4.49. The molecule has 1 amide bonds. The average Bonchev–Trinajstić information content (AvgIpc) is 2.81. The summed E-state index contributed by atoms with van der Waals surface area (Å²) in [5.74, 6) is 1.10. The van der Waals surface area contributed by atoms with Gasteiger partial charge in [-0.05, 0) is 87.4 Å². The molecule has 2 aliphatic heterocycles. The van der Waals surface area contributed by atoms with E-state index in [9.17, 15) is 4.79 Å². The molecular formula is C28H39N3O. The molecule has 0 bridgehead atoms. The number of piperidine rings is 2. The fourth-order valence-corrected chi connectivity index (χ4v) is 5.19. The molecule has 2 atom stereocenters. The molecule has 0 aromatic heterocycles. The van der Waals surface area contributed by atoms with E-state index < -0.39 is 0 Å². The van der Waals surface area contributed by atoms with Crippen molar-refractivity contribution in [2.45, 2.75) is 59.0 Å². The van der Waals surface area contributed by atoms with Gasteiger partial charge < -0.3 is 10.2 Å². The van der Waals surface area contributed by atoms with Crippen molar-refractivity contribution >= 4 is 11.6 Å². The van der Waals surface area contributed by atoms with Crippen molar-refractivity contribution in [3.63, 3.8) is 0 Å². The van der Waals surface area contributed by atoms with Gasteiger partial charge in [-0.1, -0.05) is 43.3 Å². The van der Waals surface area contributed by atoms with Gasteiger partial charge >= 0.3 is 0 Å². The Bertz CT molecular complexity index is 886. The van der Waals surface area contributed by atoms with Gasteiger partial charge in [-0.15, -0.1) is 0 Å². The first-order valence-corrected chi connectivity index (χ1v) is 12.4. The summed E-state index contributed by atoms with van der Waals surface area (Å²) in [5, 5.41) is 3.27. The maximum absolute atomic E-state index is 12.9. The maximum Gasteiger partial charge on any atom is 0.223 e. The third-order valence-corrected chi connectivity index (χ3v) is 7.39. The Hall–Kier alpha value is -2.33. The maximum atomic E-state index is 12.9. The minimum absolute atomic E-state index is 0.0434. The largest absolute Gasteiger partial charge is 0.371 e. The molecule has 1 N–H and O–H groups in total. The van der Waals surface area contributed by atoms with Crippen LogP contribution in [0.3, 0.4) is 0 Å². The van der Waals surface area contributed by atoms with E-state index in [0.717, 1.165) is 51.5 Å². The van der Waals surface area contributed by atoms with Crippen molar-refractivity contribution in [3.8, 4) is 0 Å². The summed E-state index contributed by atoms with van der Waals surface area (Å²) in [7, 11) is 0. The third kappa shape index (κ3) is 5.72. The molecule has 2 fully saturated rings. The Morgan fingerprint density at radius 1 is 1.03 bits per heavy atom. The summed E-state index contributed by atoms with van der Waals surface area (Å²) in [6, 6.07) is 17.5. The van der Waals surface area contributed by atoms with Gasteiger partial charge in [-0.25, -0.2) is 0 Å². The van der Waals surface area contributed by atoms with E-state index in [2.05, 4.69) is 84.4 Å². The van der Waals surface area contributed by atoms with Crippen LogP contribution in [0.2, 0.25) is 0 Å². The highest BCUT2D eigenvalue weighted by atomic mass is 16.1. The average molecular weight is 434 g/mol. The number of hydrogen-bond donors (Lipinski definition) is 1. The lowest BCUT2D eigenvalue weighted by Crippen LogP contribution is -2.41. The molecule has 2 aromatic carbocycles. The smallest absolute Gasteiger partial charge is 0.223 e. The van der Waals surface area contributed by atoms with Gasteiger partial charge in [0, 0.05) is 31.2 Å². The van der Waals surface area contributed by atoms with Gasteiger partial charge in [0.2, 0.25) is 5.91 Å². The molecule has 4 heteroatoms. The second-order valence-electron chi connectivity index (χ2n) is 9.99. The highest BCUT2D eigenvalue weighted by molar-refractivity contribution is 5.79. The molecular weight excluding hydrogens is 394 g/mol. The van der Waals surface area contributed by atoms with Gasteiger partial charge in [0.1, 0.15) is 0 Å². The van der Waals surface area contributed by atoms with Crippen molar-refractivity contribution in [1.82, 2.24) is 10.2 Å². The Labute approximate surface area is 194 Å². The number of carbonyl (C=O) groups excluding carboxylic acids is 1. The van der Waals surface area contributed by atoms with Crippen LogP contribution in [-0.4, -0.2) is 37.0 Å². The third-order valence-electron chi connectivity index (χ3n) is 7.39. The number of amides is 1. The number of aryl methyl sites for hydroxylation is 1. The van der Waals surface area contributed by atoms with Gasteiger partial charge in [-0.2, -0.15) is 0 Å². The van der Waals surface area contributed by atoms with E-state index in [1.165, 1.54) is 35.2 Å². The van der Waals surface area contributed by atoms with Crippen molar-refractivity contribution in [3.05, 3.63) is 65.2 Å². The molecule has 0 spiro atoms. The lowest BCUT2D eigenvalue weighted by atomic mass is 9.94. The molecule has 2 aromatic rings. The molecule has 2 heterocycles. The second-order valence-corrected chi connectivity index (χ2v) is 9.99. The topological polar surface area (TPSA) is 35.6 Å². The van der Waals surface area contributed by atoms with Crippen LogP contribution >= 0.6 is 0 Å². The molecule has 172 valence electrons. The second kappa shape index (κ2) is 10.5. The Morgan fingerprint density at radius 2 is 1.75 bits per heavy atom. The van der Waals surface area contributed by atoms with Crippen molar-refractivity contribution in [2.24, 2.45) is 11.8 Å². The van der Waals surface area contributed by atoms with Crippen LogP contribution in [0.4, 0.5) is 5.69 Å². The van der Waals surface area contributed by atoms with Gasteiger partial charge in [0.25, 0.3) is 0 Å². The Kier molecular flexibility index (Phi) is 7.51. The number of nitrogens with one attached hydrogen (secondary N) is 1. The van der Waals surface area contributed by atoms with Gasteiger partial charge in [-0.3, -0.25) is 9.69 Å². The number of carbonyl (C=O) groups is 1. The van der Waals surface area contributed by atoms with E-state index in [-0.39, 0.29) is 17.9 Å². The highest BCUT2D eigenvalue weighted by Gasteiger charge is 2.26. The molecule has 4 rings (SSSR count). The van der Waals surface area contributed by atoms with Crippen molar-refractivity contribution in [1.29, 1.82) is 0 Å². The van der Waals surface area contributed by atoms with Gasteiger partial charge in [0.15, 0.2) is 0 Å². The summed E-state index contributed by atoms with van der Waals surface area (Å²) in [6.45, 7) is 11.9. The van der Waals surface area contributed by atoms with Crippen LogP contribution in [0.25, 0.3) is 0 Å². The minimum atomic E-state index is 0.0434. The number of rotatable bonds is 6. The predicted molar refractivity (Wildman–Crippen MR) is 133 cm³/mol. The summed E-state index contributed by atoms with van der Waals surface area (Å²) in [4.78, 5) is 17.9. The molecule has 2 saturated heterocycles. The van der Waals surface area contributed by atoms with Crippen LogP contribution in [0.5, 0.6) is 0 Å². The number of anilines is 1. The van der Waals surface area contributed by atoms with E-state index in [0.29, 0.717) is 0 Å². The molecule has 2 aliphatic rings. The van der Waals surface area contributed by atoms with E-state index in [1.807, 2.05) is 0 Å². The molecule has 4 nitrogen and oxygen atoms in total. The lowest BCUT2D eigenvalue weighted by molar-refractivity contribution is -0.127. The highest BCUT2D eigenvalue weighted by Crippen LogP contribution is 2.26. The Morgan fingerprint density at radius 3 is 2.44 bits per heavy atom. The van der Waals surface area contributed by atoms with E-state index in [4.69, 9.17) is 0 Å².